The highest BCUT2D eigenvalue weighted by Gasteiger charge is 2.53. The molecule has 86 valence electrons. The van der Waals surface area contributed by atoms with Gasteiger partial charge in [0, 0.05) is 3.71 Å². The molecule has 0 saturated heterocycles. The molecule has 0 saturated carbocycles. The van der Waals surface area contributed by atoms with E-state index in [-0.39, 0.29) is 0 Å². The number of nitrogens with zero attached hydrogens (tertiary/aromatic N) is 1. The summed E-state index contributed by atoms with van der Waals surface area (Å²) in [6, 6.07) is -4.90. The third-order valence-electron chi connectivity index (χ3n) is 0.824. The van der Waals surface area contributed by atoms with E-state index in [1.54, 1.807) is 0 Å². The quantitative estimate of drug-likeness (QED) is 0.326. The van der Waals surface area contributed by atoms with Crippen LogP contribution < -0.4 is 0 Å². The summed E-state index contributed by atoms with van der Waals surface area (Å²) in [5, 5.41) is 0. The van der Waals surface area contributed by atoms with Gasteiger partial charge in [0.2, 0.25) is 0 Å². The second kappa shape index (κ2) is 3.79. The van der Waals surface area contributed by atoms with E-state index in [0.717, 1.165) is 0 Å². The Kier molecular flexibility index (Phi) is 3.76. The summed E-state index contributed by atoms with van der Waals surface area (Å²) < 4.78 is 86.0. The maximum absolute atomic E-state index is 12.4. The summed E-state index contributed by atoms with van der Waals surface area (Å²) in [7, 11) is -12.9. The van der Waals surface area contributed by atoms with E-state index in [2.05, 4.69) is 11.6 Å². The van der Waals surface area contributed by atoms with Crippen molar-refractivity contribution in [2.24, 2.45) is 0 Å². The van der Waals surface area contributed by atoms with Crippen molar-refractivity contribution >= 4 is 32.4 Å². The Balaban J connectivity index is 5.62. The lowest BCUT2D eigenvalue weighted by Crippen LogP contribution is -2.47. The molecule has 12 heteroatoms. The van der Waals surface area contributed by atoms with Gasteiger partial charge >= 0.3 is 26.9 Å². The Labute approximate surface area is 81.9 Å². The molecule has 0 aliphatic carbocycles. The van der Waals surface area contributed by atoms with Gasteiger partial charge in [-0.3, -0.25) is 0 Å². The Morgan fingerprint density at radius 3 is 1.43 bits per heavy atom. The zero-order chi connectivity index (χ0) is 11.8. The highest BCUT2D eigenvalue weighted by Crippen LogP contribution is 2.29. The van der Waals surface area contributed by atoms with Crippen LogP contribution in [-0.2, 0) is 20.8 Å². The summed E-state index contributed by atoms with van der Waals surface area (Å²) >= 11 is 4.45. The molecule has 0 aliphatic rings. The first-order valence-electron chi connectivity index (χ1n) is 2.56. The Bertz CT molecular complexity index is 371. The third kappa shape index (κ3) is 3.22. The minimum absolute atomic E-state index is 1.92. The van der Waals surface area contributed by atoms with Gasteiger partial charge in [0.25, 0.3) is 0 Å². The molecule has 0 radical (unpaired) electrons. The van der Waals surface area contributed by atoms with Crippen LogP contribution in [-0.4, -0.2) is 32.5 Å². The molecular formula is C2H2ClF4NO4S2. The molecule has 5 nitrogen and oxygen atoms in total. The molecule has 0 N–H and O–H groups in total. The molecule has 0 aromatic carbocycles. The summed E-state index contributed by atoms with van der Waals surface area (Å²) in [4.78, 5) is 0. The summed E-state index contributed by atoms with van der Waals surface area (Å²) in [5.41, 5.74) is 0. The molecule has 0 amide bonds. The molecule has 0 fully saturated rings. The third-order valence-corrected chi connectivity index (χ3v) is 3.54. The Morgan fingerprint density at radius 1 is 1.07 bits per heavy atom. The first kappa shape index (κ1) is 13.9. The SMILES string of the molecule is O=S(=O)(F)N(C(F)(F)CCl)S(=O)(=O)F. The number of rotatable bonds is 4. The van der Waals surface area contributed by atoms with Crippen molar-refractivity contribution in [3.8, 4) is 0 Å². The lowest BCUT2D eigenvalue weighted by Gasteiger charge is -2.20. The van der Waals surface area contributed by atoms with Crippen molar-refractivity contribution in [2.75, 3.05) is 5.88 Å². The Morgan fingerprint density at radius 2 is 1.36 bits per heavy atom. The van der Waals surface area contributed by atoms with Gasteiger partial charge < -0.3 is 0 Å². The molecule has 0 aliphatic heterocycles. The van der Waals surface area contributed by atoms with E-state index in [1.807, 2.05) is 0 Å². The van der Waals surface area contributed by atoms with Crippen molar-refractivity contribution in [3.05, 3.63) is 0 Å². The largest absolute Gasteiger partial charge is 0.395 e. The average molecular weight is 280 g/mol. The van der Waals surface area contributed by atoms with Crippen LogP contribution in [0, 0.1) is 0 Å². The second-order valence-electron chi connectivity index (χ2n) is 1.88. The predicted octanol–water partition coefficient (Wildman–Crippen LogP) is 0.549. The van der Waals surface area contributed by atoms with Crippen molar-refractivity contribution in [3.63, 3.8) is 0 Å². The molecule has 0 heterocycles. The molecule has 14 heavy (non-hydrogen) atoms. The molecule has 0 atom stereocenters. The fraction of sp³-hybridized carbons (Fsp3) is 1.00. The van der Waals surface area contributed by atoms with Crippen LogP contribution in [0.5, 0.6) is 0 Å². The number of alkyl halides is 3. The standard InChI is InChI=1S/C2H2ClF4NO4S2/c3-1-2(4,5)8(13(6,9)10)14(7,11)12/h1H2. The van der Waals surface area contributed by atoms with Crippen molar-refractivity contribution in [2.45, 2.75) is 6.05 Å². The molecule has 0 aromatic heterocycles. The van der Waals surface area contributed by atoms with Crippen LogP contribution in [0.2, 0.25) is 0 Å². The van der Waals surface area contributed by atoms with Gasteiger partial charge in [-0.1, -0.05) is 7.77 Å². The molecule has 0 unspecified atom stereocenters. The van der Waals surface area contributed by atoms with E-state index in [0.29, 0.717) is 0 Å². The fourth-order valence-corrected chi connectivity index (χ4v) is 2.35. The molecule has 0 bridgehead atoms. The van der Waals surface area contributed by atoms with Crippen LogP contribution in [0.25, 0.3) is 0 Å². The van der Waals surface area contributed by atoms with Crippen LogP contribution in [0.15, 0.2) is 0 Å². The molecule has 0 spiro atoms. The van der Waals surface area contributed by atoms with E-state index in [9.17, 15) is 33.4 Å². The Hall–Kier alpha value is -0.130. The van der Waals surface area contributed by atoms with Crippen LogP contribution in [0.1, 0.15) is 0 Å². The fourth-order valence-electron chi connectivity index (χ4n) is 0.474. The second-order valence-corrected chi connectivity index (χ2v) is 4.76. The lowest BCUT2D eigenvalue weighted by molar-refractivity contribution is -0.0433. The highest BCUT2D eigenvalue weighted by molar-refractivity contribution is 7.99. The van der Waals surface area contributed by atoms with E-state index in [1.165, 1.54) is 0 Å². The van der Waals surface area contributed by atoms with Crippen molar-refractivity contribution in [1.29, 1.82) is 0 Å². The molecule has 0 aromatic rings. The van der Waals surface area contributed by atoms with Gasteiger partial charge in [-0.05, 0) is 0 Å². The first-order chi connectivity index (χ1) is 5.93. The van der Waals surface area contributed by atoms with Crippen LogP contribution in [0.4, 0.5) is 16.6 Å². The normalized spacial score (nSPS) is 14.7. The van der Waals surface area contributed by atoms with E-state index in [4.69, 9.17) is 0 Å². The van der Waals surface area contributed by atoms with Gasteiger partial charge in [-0.15, -0.1) is 11.6 Å². The molecular weight excluding hydrogens is 278 g/mol. The number of hydrogen-bond acceptors (Lipinski definition) is 4. The summed E-state index contributed by atoms with van der Waals surface area (Å²) in [6.45, 7) is 0. The van der Waals surface area contributed by atoms with E-state index < -0.39 is 36.5 Å². The minimum atomic E-state index is -6.46. The van der Waals surface area contributed by atoms with Gasteiger partial charge in [0.1, 0.15) is 5.88 Å². The summed E-state index contributed by atoms with van der Waals surface area (Å²) in [6.07, 6.45) is 0. The predicted molar refractivity (Wildman–Crippen MR) is 37.6 cm³/mol. The zero-order valence-electron chi connectivity index (χ0n) is 5.99. The topological polar surface area (TPSA) is 71.5 Å². The van der Waals surface area contributed by atoms with E-state index >= 15 is 0 Å². The van der Waals surface area contributed by atoms with Crippen molar-refractivity contribution < 1.29 is 33.4 Å². The summed E-state index contributed by atoms with van der Waals surface area (Å²) in [5.74, 6) is -1.92. The van der Waals surface area contributed by atoms with Gasteiger partial charge in [-0.2, -0.15) is 25.6 Å². The van der Waals surface area contributed by atoms with Gasteiger partial charge in [0.15, 0.2) is 0 Å². The van der Waals surface area contributed by atoms with Gasteiger partial charge in [-0.25, -0.2) is 0 Å². The van der Waals surface area contributed by atoms with Crippen LogP contribution >= 0.6 is 11.6 Å². The maximum Gasteiger partial charge on any atom is 0.395 e. The molecule has 0 rings (SSSR count). The minimum Gasteiger partial charge on any atom is -0.185 e. The highest BCUT2D eigenvalue weighted by atomic mass is 35.5. The van der Waals surface area contributed by atoms with Crippen molar-refractivity contribution in [1.82, 2.24) is 3.71 Å². The number of hydrogen-bond donors (Lipinski definition) is 0. The van der Waals surface area contributed by atoms with Gasteiger partial charge in [0.05, 0.1) is 0 Å². The number of halogens is 5. The maximum atomic E-state index is 12.4. The zero-order valence-corrected chi connectivity index (χ0v) is 8.38. The average Bonchev–Trinajstić information content (AvgIpc) is 1.79. The first-order valence-corrected chi connectivity index (χ1v) is 5.78. The lowest BCUT2D eigenvalue weighted by atomic mass is 10.7. The monoisotopic (exact) mass is 279 g/mol. The van der Waals surface area contributed by atoms with Crippen LogP contribution in [0.3, 0.4) is 0 Å². The smallest absolute Gasteiger partial charge is 0.185 e.